The maximum absolute atomic E-state index is 5.52. The Morgan fingerprint density at radius 3 is 2.17 bits per heavy atom. The maximum Gasteiger partial charge on any atom is 0.191 e. The lowest BCUT2D eigenvalue weighted by Crippen LogP contribution is -2.42. The van der Waals surface area contributed by atoms with Gasteiger partial charge in [-0.25, -0.2) is 0 Å². The Hall–Kier alpha value is -0.850. The lowest BCUT2D eigenvalue weighted by molar-refractivity contribution is 0.0487. The van der Waals surface area contributed by atoms with Crippen LogP contribution in [0.15, 0.2) is 4.99 Å². The Morgan fingerprint density at radius 2 is 1.52 bits per heavy atom. The number of aliphatic imine (C=N–C) groups is 1. The predicted molar refractivity (Wildman–Crippen MR) is 98.3 cm³/mol. The summed E-state index contributed by atoms with van der Waals surface area (Å²) in [6, 6.07) is 0. The first-order valence-corrected chi connectivity index (χ1v) is 9.03. The quantitative estimate of drug-likeness (QED) is 0.272. The zero-order valence-corrected chi connectivity index (χ0v) is 15.7. The van der Waals surface area contributed by atoms with Crippen molar-refractivity contribution in [1.29, 1.82) is 0 Å². The smallest absolute Gasteiger partial charge is 0.191 e. The Bertz CT molecular complexity index is 275. The Morgan fingerprint density at radius 1 is 0.870 bits per heavy atom. The van der Waals surface area contributed by atoms with Crippen LogP contribution in [0.25, 0.3) is 0 Å². The summed E-state index contributed by atoms with van der Waals surface area (Å²) in [5.41, 5.74) is 0. The normalized spacial score (nSPS) is 12.0. The Kier molecular flexibility index (Phi) is 16.9. The fraction of sp³-hybridized carbons (Fsp3) is 0.941. The van der Waals surface area contributed by atoms with Crippen LogP contribution in [-0.4, -0.2) is 77.6 Å². The molecule has 0 aliphatic heterocycles. The average Bonchev–Trinajstić information content (AvgIpc) is 2.56. The Labute approximate surface area is 143 Å². The molecule has 6 heteroatoms. The molecule has 0 heterocycles. The van der Waals surface area contributed by atoms with Gasteiger partial charge in [-0.2, -0.15) is 0 Å². The molecule has 2 N–H and O–H groups in total. The van der Waals surface area contributed by atoms with Crippen molar-refractivity contribution in [2.45, 2.75) is 39.5 Å². The zero-order chi connectivity index (χ0) is 17.2. The second-order valence-electron chi connectivity index (χ2n) is 5.66. The van der Waals surface area contributed by atoms with Gasteiger partial charge in [-0.15, -0.1) is 0 Å². The van der Waals surface area contributed by atoms with Gasteiger partial charge < -0.3 is 25.0 Å². The van der Waals surface area contributed by atoms with E-state index in [4.69, 9.17) is 9.47 Å². The number of likely N-dealkylation sites (N-methyl/N-ethyl adjacent to an activating group) is 1. The molecule has 0 atom stereocenters. The van der Waals surface area contributed by atoms with Gasteiger partial charge in [0.25, 0.3) is 0 Å². The van der Waals surface area contributed by atoms with Gasteiger partial charge in [-0.1, -0.05) is 26.7 Å². The highest BCUT2D eigenvalue weighted by atomic mass is 16.5. The molecular weight excluding hydrogens is 292 g/mol. The summed E-state index contributed by atoms with van der Waals surface area (Å²) in [4.78, 5) is 6.55. The van der Waals surface area contributed by atoms with Crippen molar-refractivity contribution in [3.05, 3.63) is 0 Å². The second-order valence-corrected chi connectivity index (χ2v) is 5.66. The van der Waals surface area contributed by atoms with Gasteiger partial charge >= 0.3 is 0 Å². The van der Waals surface area contributed by atoms with E-state index < -0.39 is 0 Å². The van der Waals surface area contributed by atoms with Gasteiger partial charge in [0.05, 0.1) is 19.8 Å². The number of nitrogens with zero attached hydrogens (tertiary/aromatic N) is 2. The van der Waals surface area contributed by atoms with E-state index in [-0.39, 0.29) is 0 Å². The number of guanidine groups is 1. The molecule has 0 bridgehead atoms. The van der Waals surface area contributed by atoms with Crippen LogP contribution in [0.3, 0.4) is 0 Å². The van der Waals surface area contributed by atoms with Crippen molar-refractivity contribution in [2.75, 3.05) is 66.7 Å². The van der Waals surface area contributed by atoms with E-state index in [0.717, 1.165) is 45.2 Å². The predicted octanol–water partition coefficient (Wildman–Crippen LogP) is 1.72. The molecule has 0 rings (SSSR count). The minimum Gasteiger partial charge on any atom is -0.379 e. The number of ether oxygens (including phenoxy) is 2. The molecule has 0 saturated carbocycles. The number of unbranched alkanes of at least 4 members (excludes halogenated alkanes) is 2. The summed E-state index contributed by atoms with van der Waals surface area (Å²) >= 11 is 0. The number of hydrogen-bond acceptors (Lipinski definition) is 4. The topological polar surface area (TPSA) is 58.1 Å². The van der Waals surface area contributed by atoms with Crippen LogP contribution in [0.1, 0.15) is 39.5 Å². The van der Waals surface area contributed by atoms with Gasteiger partial charge in [-0.05, 0) is 26.4 Å². The molecule has 0 aromatic heterocycles. The van der Waals surface area contributed by atoms with Gasteiger partial charge in [0.1, 0.15) is 0 Å². The molecule has 0 aliphatic rings. The lowest BCUT2D eigenvalue weighted by Gasteiger charge is -2.18. The van der Waals surface area contributed by atoms with Crippen LogP contribution in [0.2, 0.25) is 0 Å². The SMILES string of the molecule is CCCCOCCOCCNC(=NC)NCCN(C)CCCC. The van der Waals surface area contributed by atoms with Crippen LogP contribution in [0.5, 0.6) is 0 Å². The average molecular weight is 331 g/mol. The highest BCUT2D eigenvalue weighted by Gasteiger charge is 2.00. The highest BCUT2D eigenvalue weighted by Crippen LogP contribution is 1.90. The molecule has 0 amide bonds. The molecule has 0 unspecified atom stereocenters. The van der Waals surface area contributed by atoms with E-state index in [1.54, 1.807) is 7.05 Å². The van der Waals surface area contributed by atoms with E-state index in [9.17, 15) is 0 Å². The van der Waals surface area contributed by atoms with E-state index in [2.05, 4.69) is 41.4 Å². The molecule has 0 aliphatic carbocycles. The van der Waals surface area contributed by atoms with Crippen LogP contribution >= 0.6 is 0 Å². The molecule has 0 aromatic rings. The first kappa shape index (κ1) is 22.1. The van der Waals surface area contributed by atoms with E-state index in [1.807, 2.05) is 0 Å². The molecule has 0 fully saturated rings. The lowest BCUT2D eigenvalue weighted by atomic mass is 10.3. The van der Waals surface area contributed by atoms with E-state index >= 15 is 0 Å². The monoisotopic (exact) mass is 330 g/mol. The fourth-order valence-corrected chi connectivity index (χ4v) is 1.94. The van der Waals surface area contributed by atoms with Crippen LogP contribution in [0, 0.1) is 0 Å². The fourth-order valence-electron chi connectivity index (χ4n) is 1.94. The number of rotatable bonds is 15. The standard InChI is InChI=1S/C17H38N4O2/c1-5-7-11-21(4)12-9-19-17(18-3)20-10-14-23-16-15-22-13-8-6-2/h5-16H2,1-4H3,(H2,18,19,20). The van der Waals surface area contributed by atoms with Crippen LogP contribution < -0.4 is 10.6 Å². The summed E-state index contributed by atoms with van der Waals surface area (Å²) in [6.07, 6.45) is 4.79. The van der Waals surface area contributed by atoms with Crippen molar-refractivity contribution in [3.63, 3.8) is 0 Å². The van der Waals surface area contributed by atoms with Crippen molar-refractivity contribution >= 4 is 5.96 Å². The third-order valence-electron chi connectivity index (χ3n) is 3.46. The van der Waals surface area contributed by atoms with Crippen LogP contribution in [-0.2, 0) is 9.47 Å². The minimum absolute atomic E-state index is 0.652. The molecule has 138 valence electrons. The molecule has 0 radical (unpaired) electrons. The summed E-state index contributed by atoms with van der Waals surface area (Å²) in [5, 5.41) is 6.57. The number of hydrogen-bond donors (Lipinski definition) is 2. The van der Waals surface area contributed by atoms with Gasteiger partial charge in [0, 0.05) is 33.3 Å². The summed E-state index contributed by atoms with van der Waals surface area (Å²) in [5.74, 6) is 0.830. The summed E-state index contributed by atoms with van der Waals surface area (Å²) < 4.78 is 11.0. The van der Waals surface area contributed by atoms with Gasteiger partial charge in [-0.3, -0.25) is 4.99 Å². The van der Waals surface area contributed by atoms with Crippen molar-refractivity contribution < 1.29 is 9.47 Å². The number of nitrogens with one attached hydrogen (secondary N) is 2. The molecule has 0 saturated heterocycles. The maximum atomic E-state index is 5.52. The zero-order valence-electron chi connectivity index (χ0n) is 15.7. The Balaban J connectivity index is 3.45. The van der Waals surface area contributed by atoms with Gasteiger partial charge in [0.15, 0.2) is 5.96 Å². The summed E-state index contributed by atoms with van der Waals surface area (Å²) in [6.45, 7) is 11.0. The third-order valence-corrected chi connectivity index (χ3v) is 3.46. The molecule has 0 spiro atoms. The molecule has 6 nitrogen and oxygen atoms in total. The summed E-state index contributed by atoms with van der Waals surface area (Å²) in [7, 11) is 3.95. The van der Waals surface area contributed by atoms with Crippen LogP contribution in [0.4, 0.5) is 0 Å². The van der Waals surface area contributed by atoms with Crippen molar-refractivity contribution in [2.24, 2.45) is 4.99 Å². The third kappa shape index (κ3) is 15.8. The van der Waals surface area contributed by atoms with E-state index in [0.29, 0.717) is 19.8 Å². The largest absolute Gasteiger partial charge is 0.379 e. The molecular formula is C17H38N4O2. The van der Waals surface area contributed by atoms with Gasteiger partial charge in [0.2, 0.25) is 0 Å². The van der Waals surface area contributed by atoms with E-state index in [1.165, 1.54) is 19.3 Å². The molecule has 23 heavy (non-hydrogen) atoms. The highest BCUT2D eigenvalue weighted by molar-refractivity contribution is 5.79. The van der Waals surface area contributed by atoms with Crippen molar-refractivity contribution in [3.8, 4) is 0 Å². The molecule has 0 aromatic carbocycles. The minimum atomic E-state index is 0.652. The first-order valence-electron chi connectivity index (χ1n) is 9.03. The second kappa shape index (κ2) is 17.5. The van der Waals surface area contributed by atoms with Crippen molar-refractivity contribution in [1.82, 2.24) is 15.5 Å². The first-order chi connectivity index (χ1) is 11.2.